The van der Waals surface area contributed by atoms with E-state index in [1.807, 2.05) is 6.92 Å². The number of hydrogen-bond donors (Lipinski definition) is 2. The molecule has 0 fully saturated rings. The number of amides is 1. The standard InChI is InChI=1S/C14H20F2N2O3.ClH/c1-9-3-4-12(21-14(15)16)10(5-9)8-18-13(19)6-11(7-17)20-2;/h3-5,11,14H,6-8,17H2,1-2H3,(H,18,19);1H. The molecule has 0 radical (unpaired) electrons. The highest BCUT2D eigenvalue weighted by molar-refractivity contribution is 5.85. The molecule has 1 unspecified atom stereocenters. The number of carbonyl (C=O) groups excluding carboxylic acids is 1. The van der Waals surface area contributed by atoms with Crippen LogP contribution in [0.25, 0.3) is 0 Å². The third-order valence-corrected chi connectivity index (χ3v) is 2.92. The van der Waals surface area contributed by atoms with Crippen molar-refractivity contribution in [2.45, 2.75) is 32.6 Å². The summed E-state index contributed by atoms with van der Waals surface area (Å²) < 4.78 is 34.1. The van der Waals surface area contributed by atoms with Crippen LogP contribution >= 0.6 is 12.4 Å². The largest absolute Gasteiger partial charge is 0.434 e. The molecule has 0 aliphatic rings. The first-order valence-electron chi connectivity index (χ1n) is 6.50. The number of alkyl halides is 2. The van der Waals surface area contributed by atoms with E-state index in [2.05, 4.69) is 10.1 Å². The summed E-state index contributed by atoms with van der Waals surface area (Å²) in [4.78, 5) is 11.7. The van der Waals surface area contributed by atoms with E-state index < -0.39 is 6.61 Å². The molecule has 0 aromatic heterocycles. The van der Waals surface area contributed by atoms with Gasteiger partial charge in [-0.15, -0.1) is 12.4 Å². The zero-order valence-corrected chi connectivity index (χ0v) is 13.3. The van der Waals surface area contributed by atoms with E-state index in [4.69, 9.17) is 10.5 Å². The molecule has 1 amide bonds. The highest BCUT2D eigenvalue weighted by atomic mass is 35.5. The molecule has 0 aliphatic heterocycles. The summed E-state index contributed by atoms with van der Waals surface area (Å²) in [5.41, 5.74) is 6.81. The summed E-state index contributed by atoms with van der Waals surface area (Å²) >= 11 is 0. The van der Waals surface area contributed by atoms with Crippen LogP contribution in [0.2, 0.25) is 0 Å². The normalized spacial score (nSPS) is 11.7. The molecular formula is C14H21ClF2N2O3. The van der Waals surface area contributed by atoms with Gasteiger partial charge in [0.15, 0.2) is 0 Å². The Bertz CT molecular complexity index is 471. The molecule has 1 aromatic rings. The van der Waals surface area contributed by atoms with Crippen LogP contribution in [0.3, 0.4) is 0 Å². The average molecular weight is 339 g/mol. The van der Waals surface area contributed by atoms with Gasteiger partial charge in [-0.25, -0.2) is 0 Å². The molecule has 0 aliphatic carbocycles. The predicted molar refractivity (Wildman–Crippen MR) is 81.4 cm³/mol. The fourth-order valence-electron chi connectivity index (χ4n) is 1.79. The lowest BCUT2D eigenvalue weighted by atomic mass is 10.1. The van der Waals surface area contributed by atoms with Crippen LogP contribution in [0.4, 0.5) is 8.78 Å². The summed E-state index contributed by atoms with van der Waals surface area (Å²) in [6, 6.07) is 4.81. The first kappa shape index (κ1) is 20.6. The minimum Gasteiger partial charge on any atom is -0.434 e. The maximum absolute atomic E-state index is 12.3. The maximum atomic E-state index is 12.3. The van der Waals surface area contributed by atoms with Crippen molar-refractivity contribution in [2.24, 2.45) is 5.73 Å². The third kappa shape index (κ3) is 7.02. The molecule has 0 bridgehead atoms. The Hall–Kier alpha value is -1.44. The Kier molecular flexibility index (Phi) is 9.64. The average Bonchev–Trinajstić information content (AvgIpc) is 2.44. The third-order valence-electron chi connectivity index (χ3n) is 2.92. The van der Waals surface area contributed by atoms with Crippen LogP contribution in [0.1, 0.15) is 17.5 Å². The summed E-state index contributed by atoms with van der Waals surface area (Å²) in [5.74, 6) is -0.213. The second kappa shape index (κ2) is 10.3. The fourth-order valence-corrected chi connectivity index (χ4v) is 1.79. The first-order valence-corrected chi connectivity index (χ1v) is 6.50. The molecule has 22 heavy (non-hydrogen) atoms. The molecule has 3 N–H and O–H groups in total. The molecule has 0 spiro atoms. The quantitative estimate of drug-likeness (QED) is 0.760. The molecule has 1 aromatic carbocycles. The second-order valence-corrected chi connectivity index (χ2v) is 4.56. The van der Waals surface area contributed by atoms with Gasteiger partial charge in [0.05, 0.1) is 12.5 Å². The summed E-state index contributed by atoms with van der Waals surface area (Å²) in [7, 11) is 1.47. The van der Waals surface area contributed by atoms with Gasteiger partial charge in [0.2, 0.25) is 5.91 Å². The summed E-state index contributed by atoms with van der Waals surface area (Å²) in [6.07, 6.45) is -0.247. The zero-order valence-electron chi connectivity index (χ0n) is 12.5. The van der Waals surface area contributed by atoms with Gasteiger partial charge in [0.1, 0.15) is 5.75 Å². The molecule has 0 saturated carbocycles. The molecule has 126 valence electrons. The molecule has 1 rings (SSSR count). The van der Waals surface area contributed by atoms with Crippen molar-refractivity contribution in [3.63, 3.8) is 0 Å². The highest BCUT2D eigenvalue weighted by Gasteiger charge is 2.13. The number of aryl methyl sites for hydroxylation is 1. The number of rotatable bonds is 8. The smallest absolute Gasteiger partial charge is 0.387 e. The number of nitrogens with two attached hydrogens (primary N) is 1. The minimum absolute atomic E-state index is 0. The molecule has 0 saturated heterocycles. The van der Waals surface area contributed by atoms with Gasteiger partial charge in [0, 0.05) is 25.8 Å². The lowest BCUT2D eigenvalue weighted by molar-refractivity contribution is -0.123. The van der Waals surface area contributed by atoms with Crippen LogP contribution in [0, 0.1) is 6.92 Å². The first-order chi connectivity index (χ1) is 9.96. The summed E-state index contributed by atoms with van der Waals surface area (Å²) in [5, 5.41) is 2.64. The number of benzene rings is 1. The van der Waals surface area contributed by atoms with E-state index in [9.17, 15) is 13.6 Å². The SMILES string of the molecule is COC(CN)CC(=O)NCc1cc(C)ccc1OC(F)F.Cl. The van der Waals surface area contributed by atoms with Gasteiger partial charge in [0.25, 0.3) is 0 Å². The number of carbonyl (C=O) groups is 1. The van der Waals surface area contributed by atoms with Gasteiger partial charge in [-0.2, -0.15) is 8.78 Å². The van der Waals surface area contributed by atoms with Gasteiger partial charge in [-0.1, -0.05) is 17.7 Å². The van der Waals surface area contributed by atoms with Crippen molar-refractivity contribution in [3.05, 3.63) is 29.3 Å². The number of hydrogen-bond acceptors (Lipinski definition) is 4. The van der Waals surface area contributed by atoms with E-state index in [0.717, 1.165) is 5.56 Å². The van der Waals surface area contributed by atoms with Gasteiger partial charge in [-0.3, -0.25) is 4.79 Å². The van der Waals surface area contributed by atoms with Gasteiger partial charge < -0.3 is 20.5 Å². The van der Waals surface area contributed by atoms with Crippen LogP contribution in [0.15, 0.2) is 18.2 Å². The Morgan fingerprint density at radius 1 is 1.41 bits per heavy atom. The van der Waals surface area contributed by atoms with Crippen LogP contribution in [-0.4, -0.2) is 32.3 Å². The zero-order chi connectivity index (χ0) is 15.8. The van der Waals surface area contributed by atoms with Crippen molar-refractivity contribution >= 4 is 18.3 Å². The van der Waals surface area contributed by atoms with E-state index >= 15 is 0 Å². The molecular weight excluding hydrogens is 318 g/mol. The molecule has 8 heteroatoms. The van der Waals surface area contributed by atoms with Crippen molar-refractivity contribution in [1.82, 2.24) is 5.32 Å². The van der Waals surface area contributed by atoms with E-state index in [1.165, 1.54) is 13.2 Å². The number of halogens is 3. The van der Waals surface area contributed by atoms with E-state index in [1.54, 1.807) is 12.1 Å². The topological polar surface area (TPSA) is 73.6 Å². The maximum Gasteiger partial charge on any atom is 0.387 e. The van der Waals surface area contributed by atoms with Gasteiger partial charge >= 0.3 is 6.61 Å². The van der Waals surface area contributed by atoms with Crippen molar-refractivity contribution in [2.75, 3.05) is 13.7 Å². The van der Waals surface area contributed by atoms with Crippen molar-refractivity contribution < 1.29 is 23.0 Å². The minimum atomic E-state index is -2.91. The Morgan fingerprint density at radius 3 is 2.64 bits per heavy atom. The predicted octanol–water partition coefficient (Wildman–Crippen LogP) is 2.00. The Balaban J connectivity index is 0.00000441. The number of methoxy groups -OCH3 is 1. The van der Waals surface area contributed by atoms with E-state index in [-0.39, 0.29) is 49.7 Å². The lowest BCUT2D eigenvalue weighted by Crippen LogP contribution is -2.32. The van der Waals surface area contributed by atoms with Crippen molar-refractivity contribution in [1.29, 1.82) is 0 Å². The summed E-state index contributed by atoms with van der Waals surface area (Å²) in [6.45, 7) is -0.748. The van der Waals surface area contributed by atoms with Crippen LogP contribution in [-0.2, 0) is 16.1 Å². The van der Waals surface area contributed by atoms with Gasteiger partial charge in [-0.05, 0) is 13.0 Å². The fraction of sp³-hybridized carbons (Fsp3) is 0.500. The number of nitrogens with one attached hydrogen (secondary N) is 1. The highest BCUT2D eigenvalue weighted by Crippen LogP contribution is 2.22. The van der Waals surface area contributed by atoms with Crippen molar-refractivity contribution in [3.8, 4) is 5.75 Å². The van der Waals surface area contributed by atoms with Crippen LogP contribution < -0.4 is 15.8 Å². The molecule has 1 atom stereocenters. The number of ether oxygens (including phenoxy) is 2. The Labute approximate surface area is 134 Å². The lowest BCUT2D eigenvalue weighted by Gasteiger charge is -2.14. The van der Waals surface area contributed by atoms with E-state index in [0.29, 0.717) is 5.56 Å². The molecule has 0 heterocycles. The van der Waals surface area contributed by atoms with Crippen LogP contribution in [0.5, 0.6) is 5.75 Å². The second-order valence-electron chi connectivity index (χ2n) is 4.56. The monoisotopic (exact) mass is 338 g/mol. The molecule has 5 nitrogen and oxygen atoms in total. The Morgan fingerprint density at radius 2 is 2.09 bits per heavy atom.